The molecule has 6 nitrogen and oxygen atoms in total. The predicted molar refractivity (Wildman–Crippen MR) is 121 cm³/mol. The van der Waals surface area contributed by atoms with E-state index in [1.54, 1.807) is 0 Å². The van der Waals surface area contributed by atoms with Gasteiger partial charge in [0.25, 0.3) is 5.91 Å². The summed E-state index contributed by atoms with van der Waals surface area (Å²) in [6.45, 7) is 8.79. The zero-order valence-electron chi connectivity index (χ0n) is 18.3. The molecule has 162 valence electrons. The number of amides is 1. The van der Waals surface area contributed by atoms with Crippen molar-refractivity contribution in [3.8, 4) is 5.69 Å². The monoisotopic (exact) mass is 418 g/mol. The van der Waals surface area contributed by atoms with Gasteiger partial charge in [0.15, 0.2) is 5.69 Å². The summed E-state index contributed by atoms with van der Waals surface area (Å²) >= 11 is 0. The fraction of sp³-hybridized carbons (Fsp3) is 0.360. The maximum Gasteiger partial charge on any atom is 0.274 e. The van der Waals surface area contributed by atoms with Gasteiger partial charge in [0.1, 0.15) is 0 Å². The zero-order chi connectivity index (χ0) is 21.6. The predicted octanol–water partition coefficient (Wildman–Crippen LogP) is 3.54. The number of benzene rings is 2. The normalized spacial score (nSPS) is 15.5. The number of hydrogen-bond acceptors (Lipinski definition) is 4. The lowest BCUT2D eigenvalue weighted by molar-refractivity contribution is 0.0227. The quantitative estimate of drug-likeness (QED) is 0.589. The first-order valence-corrected chi connectivity index (χ1v) is 10.9. The van der Waals surface area contributed by atoms with E-state index in [4.69, 9.17) is 4.74 Å². The molecule has 31 heavy (non-hydrogen) atoms. The van der Waals surface area contributed by atoms with E-state index in [1.165, 1.54) is 0 Å². The van der Waals surface area contributed by atoms with E-state index in [1.807, 2.05) is 71.1 Å². The van der Waals surface area contributed by atoms with Crippen molar-refractivity contribution in [1.29, 1.82) is 0 Å². The second kappa shape index (κ2) is 9.90. The first-order valence-electron chi connectivity index (χ1n) is 10.9. The minimum atomic E-state index is -0.0395. The smallest absolute Gasteiger partial charge is 0.274 e. The fourth-order valence-corrected chi connectivity index (χ4v) is 4.02. The van der Waals surface area contributed by atoms with Gasteiger partial charge in [-0.1, -0.05) is 48.5 Å². The molecule has 2 heterocycles. The summed E-state index contributed by atoms with van der Waals surface area (Å²) in [5.74, 6) is -0.0395. The van der Waals surface area contributed by atoms with Gasteiger partial charge >= 0.3 is 0 Å². The summed E-state index contributed by atoms with van der Waals surface area (Å²) in [5, 5.41) is 4.66. The maximum atomic E-state index is 13.6. The molecule has 1 aliphatic rings. The molecule has 0 N–H and O–H groups in total. The van der Waals surface area contributed by atoms with E-state index in [9.17, 15) is 4.79 Å². The van der Waals surface area contributed by atoms with Gasteiger partial charge < -0.3 is 9.64 Å². The van der Waals surface area contributed by atoms with E-state index in [0.717, 1.165) is 49.8 Å². The Kier molecular flexibility index (Phi) is 6.79. The Bertz CT molecular complexity index is 981. The van der Waals surface area contributed by atoms with Crippen LogP contribution in [0, 0.1) is 6.92 Å². The van der Waals surface area contributed by atoms with Gasteiger partial charge in [-0.2, -0.15) is 5.10 Å². The number of rotatable bonds is 7. The molecule has 1 fully saturated rings. The number of ether oxygens (including phenoxy) is 1. The van der Waals surface area contributed by atoms with Crippen molar-refractivity contribution >= 4 is 5.91 Å². The molecule has 0 radical (unpaired) electrons. The lowest BCUT2D eigenvalue weighted by Crippen LogP contribution is -2.48. The Labute approximate surface area is 184 Å². The molecule has 1 aliphatic heterocycles. The van der Waals surface area contributed by atoms with Crippen molar-refractivity contribution in [3.63, 3.8) is 0 Å². The zero-order valence-corrected chi connectivity index (χ0v) is 18.3. The Morgan fingerprint density at radius 2 is 1.71 bits per heavy atom. The van der Waals surface area contributed by atoms with Gasteiger partial charge in [0.05, 0.1) is 18.9 Å². The molecule has 1 amide bonds. The van der Waals surface area contributed by atoms with Crippen LogP contribution in [0.2, 0.25) is 0 Å². The molecule has 1 unspecified atom stereocenters. The van der Waals surface area contributed by atoms with Crippen molar-refractivity contribution in [2.24, 2.45) is 0 Å². The Morgan fingerprint density at radius 3 is 2.39 bits per heavy atom. The summed E-state index contributed by atoms with van der Waals surface area (Å²) in [4.78, 5) is 18.0. The van der Waals surface area contributed by atoms with Crippen molar-refractivity contribution < 1.29 is 9.53 Å². The molecule has 3 aromatic rings. The van der Waals surface area contributed by atoms with Crippen LogP contribution in [0.3, 0.4) is 0 Å². The lowest BCUT2D eigenvalue weighted by atomic mass is 10.1. The number of nitrogens with zero attached hydrogens (tertiary/aromatic N) is 4. The highest BCUT2D eigenvalue weighted by Gasteiger charge is 2.26. The summed E-state index contributed by atoms with van der Waals surface area (Å²) in [6.07, 6.45) is 0. The SMILES string of the molecule is Cc1cc(C(=O)N(Cc2ccccc2)C(C)CN2CCOCC2)nn1-c1ccccc1. The third kappa shape index (κ3) is 5.21. The Morgan fingerprint density at radius 1 is 1.06 bits per heavy atom. The molecule has 0 spiro atoms. The van der Waals surface area contributed by atoms with E-state index in [-0.39, 0.29) is 11.9 Å². The topological polar surface area (TPSA) is 50.6 Å². The average molecular weight is 419 g/mol. The maximum absolute atomic E-state index is 13.6. The van der Waals surface area contributed by atoms with Crippen LogP contribution in [0.15, 0.2) is 66.7 Å². The van der Waals surface area contributed by atoms with Crippen LogP contribution in [-0.2, 0) is 11.3 Å². The first-order chi connectivity index (χ1) is 15.1. The van der Waals surface area contributed by atoms with E-state index < -0.39 is 0 Å². The molecule has 1 atom stereocenters. The third-order valence-electron chi connectivity index (χ3n) is 5.72. The largest absolute Gasteiger partial charge is 0.379 e. The van der Waals surface area contributed by atoms with Crippen LogP contribution in [0.25, 0.3) is 5.69 Å². The summed E-state index contributed by atoms with van der Waals surface area (Å²) in [7, 11) is 0. The van der Waals surface area contributed by atoms with Crippen molar-refractivity contribution in [1.82, 2.24) is 19.6 Å². The van der Waals surface area contributed by atoms with Gasteiger partial charge in [0.2, 0.25) is 0 Å². The van der Waals surface area contributed by atoms with Crippen molar-refractivity contribution in [3.05, 3.63) is 83.7 Å². The van der Waals surface area contributed by atoms with Crippen LogP contribution in [0.4, 0.5) is 0 Å². The van der Waals surface area contributed by atoms with Crippen molar-refractivity contribution in [2.45, 2.75) is 26.4 Å². The van der Waals surface area contributed by atoms with Gasteiger partial charge in [-0.15, -0.1) is 0 Å². The molecule has 0 aliphatic carbocycles. The van der Waals surface area contributed by atoms with Crippen LogP contribution in [0.5, 0.6) is 0 Å². The summed E-state index contributed by atoms with van der Waals surface area (Å²) in [5.41, 5.74) is 3.49. The number of carbonyl (C=O) groups excluding carboxylic acids is 1. The van der Waals surface area contributed by atoms with Crippen LogP contribution < -0.4 is 0 Å². The number of para-hydroxylation sites is 1. The molecule has 4 rings (SSSR count). The average Bonchev–Trinajstić information content (AvgIpc) is 3.20. The van der Waals surface area contributed by atoms with E-state index >= 15 is 0 Å². The highest BCUT2D eigenvalue weighted by Crippen LogP contribution is 2.17. The van der Waals surface area contributed by atoms with E-state index in [2.05, 4.69) is 29.1 Å². The molecule has 0 bridgehead atoms. The molecular weight excluding hydrogens is 388 g/mol. The Hall–Kier alpha value is -2.96. The van der Waals surface area contributed by atoms with Gasteiger partial charge in [-0.05, 0) is 37.6 Å². The van der Waals surface area contributed by atoms with Crippen LogP contribution in [0.1, 0.15) is 28.7 Å². The first kappa shape index (κ1) is 21.3. The minimum Gasteiger partial charge on any atom is -0.379 e. The van der Waals surface area contributed by atoms with Crippen molar-refractivity contribution in [2.75, 3.05) is 32.8 Å². The third-order valence-corrected chi connectivity index (χ3v) is 5.72. The minimum absolute atomic E-state index is 0.0395. The number of carbonyl (C=O) groups is 1. The van der Waals surface area contributed by atoms with Gasteiger partial charge in [-0.3, -0.25) is 9.69 Å². The Balaban J connectivity index is 1.58. The second-order valence-corrected chi connectivity index (χ2v) is 8.10. The second-order valence-electron chi connectivity index (χ2n) is 8.10. The van der Waals surface area contributed by atoms with E-state index in [0.29, 0.717) is 12.2 Å². The fourth-order valence-electron chi connectivity index (χ4n) is 4.02. The molecule has 0 saturated carbocycles. The molecular formula is C25H30N4O2. The lowest BCUT2D eigenvalue weighted by Gasteiger charge is -2.35. The number of aromatic nitrogens is 2. The molecule has 1 saturated heterocycles. The van der Waals surface area contributed by atoms with Gasteiger partial charge in [0, 0.05) is 37.9 Å². The number of hydrogen-bond donors (Lipinski definition) is 0. The van der Waals surface area contributed by atoms with Crippen LogP contribution >= 0.6 is 0 Å². The summed E-state index contributed by atoms with van der Waals surface area (Å²) < 4.78 is 7.31. The van der Waals surface area contributed by atoms with Crippen LogP contribution in [-0.4, -0.2) is 64.4 Å². The highest BCUT2D eigenvalue weighted by molar-refractivity contribution is 5.92. The molecule has 6 heteroatoms. The standard InChI is InChI=1S/C25H30N4O2/c1-20-17-24(26-29(20)23-11-7-4-8-12-23)25(30)28(19-22-9-5-3-6-10-22)21(2)18-27-13-15-31-16-14-27/h3-12,17,21H,13-16,18-19H2,1-2H3. The molecule has 1 aromatic heterocycles. The van der Waals surface area contributed by atoms with Gasteiger partial charge in [-0.25, -0.2) is 4.68 Å². The number of aryl methyl sites for hydroxylation is 1. The highest BCUT2D eigenvalue weighted by atomic mass is 16.5. The summed E-state index contributed by atoms with van der Waals surface area (Å²) in [6, 6.07) is 22.0. The number of morpholine rings is 1. The molecule has 2 aromatic carbocycles.